The molecule has 0 radical (unpaired) electrons. The molecule has 0 bridgehead atoms. The zero-order valence-corrected chi connectivity index (χ0v) is 15.4. The van der Waals surface area contributed by atoms with Gasteiger partial charge < -0.3 is 10.6 Å². The lowest BCUT2D eigenvalue weighted by atomic mass is 9.96. The molecule has 134 valence electrons. The lowest BCUT2D eigenvalue weighted by Gasteiger charge is -2.24. The molecular weight excluding hydrogens is 336 g/mol. The highest BCUT2D eigenvalue weighted by Gasteiger charge is 2.25. The van der Waals surface area contributed by atoms with Crippen molar-refractivity contribution in [1.29, 1.82) is 0 Å². The summed E-state index contributed by atoms with van der Waals surface area (Å²) in [4.78, 5) is 9.03. The smallest absolute Gasteiger partial charge is 0.223 e. The third-order valence-electron chi connectivity index (χ3n) is 4.56. The Morgan fingerprint density at radius 1 is 1.32 bits per heavy atom. The van der Waals surface area contributed by atoms with Gasteiger partial charge in [0.05, 0.1) is 11.9 Å². The molecule has 2 N–H and O–H groups in total. The first-order valence-electron chi connectivity index (χ1n) is 8.51. The maximum absolute atomic E-state index is 12.1. The Bertz CT molecular complexity index is 846. The second-order valence-electron chi connectivity index (χ2n) is 6.54. The summed E-state index contributed by atoms with van der Waals surface area (Å²) in [5.74, 6) is 0.566. The highest BCUT2D eigenvalue weighted by atomic mass is 32.2. The highest BCUT2D eigenvalue weighted by molar-refractivity contribution is 7.90. The molecular formula is C18H24N4O2S. The first-order valence-corrected chi connectivity index (χ1v) is 10.4. The Morgan fingerprint density at radius 2 is 2.12 bits per heavy atom. The molecule has 0 aliphatic carbocycles. The van der Waals surface area contributed by atoms with Crippen molar-refractivity contribution in [3.8, 4) is 0 Å². The number of piperidine rings is 1. The lowest BCUT2D eigenvalue weighted by molar-refractivity contribution is 0.448. The van der Waals surface area contributed by atoms with E-state index in [-0.39, 0.29) is 10.8 Å². The van der Waals surface area contributed by atoms with E-state index in [4.69, 9.17) is 0 Å². The third kappa shape index (κ3) is 4.35. The van der Waals surface area contributed by atoms with E-state index in [0.29, 0.717) is 18.2 Å². The summed E-state index contributed by atoms with van der Waals surface area (Å²) < 4.78 is 24.2. The summed E-state index contributed by atoms with van der Waals surface area (Å²) in [6.45, 7) is 4.38. The maximum Gasteiger partial charge on any atom is 0.223 e. The van der Waals surface area contributed by atoms with Gasteiger partial charge in [-0.25, -0.2) is 18.4 Å². The largest absolute Gasteiger partial charge is 0.350 e. The minimum Gasteiger partial charge on any atom is -0.350 e. The number of anilines is 1. The van der Waals surface area contributed by atoms with Gasteiger partial charge in [0.2, 0.25) is 5.95 Å². The number of aromatic nitrogens is 2. The molecule has 2 aromatic rings. The van der Waals surface area contributed by atoms with Gasteiger partial charge in [-0.2, -0.15) is 0 Å². The average Bonchev–Trinajstić information content (AvgIpc) is 2.61. The van der Waals surface area contributed by atoms with Gasteiger partial charge in [-0.15, -0.1) is 0 Å². The van der Waals surface area contributed by atoms with E-state index in [9.17, 15) is 8.42 Å². The quantitative estimate of drug-likeness (QED) is 0.851. The molecule has 1 aliphatic heterocycles. The van der Waals surface area contributed by atoms with E-state index in [1.54, 1.807) is 0 Å². The third-order valence-corrected chi connectivity index (χ3v) is 5.68. The number of sulfone groups is 1. The Labute approximate surface area is 149 Å². The predicted octanol–water partition coefficient (Wildman–Crippen LogP) is 2.27. The van der Waals surface area contributed by atoms with Crippen LogP contribution in [0.4, 0.5) is 5.95 Å². The second kappa shape index (κ2) is 7.49. The molecule has 1 fully saturated rings. The predicted molar refractivity (Wildman–Crippen MR) is 98.5 cm³/mol. The van der Waals surface area contributed by atoms with E-state index in [0.717, 1.165) is 25.9 Å². The number of benzene rings is 1. The maximum atomic E-state index is 12.1. The summed E-state index contributed by atoms with van der Waals surface area (Å²) in [5, 5.41) is 6.54. The van der Waals surface area contributed by atoms with E-state index in [1.165, 1.54) is 23.6 Å². The molecule has 6 nitrogen and oxygen atoms in total. The first kappa shape index (κ1) is 17.8. The fourth-order valence-corrected chi connectivity index (χ4v) is 3.95. The van der Waals surface area contributed by atoms with Crippen molar-refractivity contribution in [3.05, 3.63) is 47.3 Å². The van der Waals surface area contributed by atoms with Crippen LogP contribution in [-0.4, -0.2) is 37.7 Å². The molecule has 1 saturated heterocycles. The van der Waals surface area contributed by atoms with Crippen molar-refractivity contribution in [1.82, 2.24) is 15.3 Å². The summed E-state index contributed by atoms with van der Waals surface area (Å²) >= 11 is 0. The van der Waals surface area contributed by atoms with Crippen LogP contribution in [0.1, 0.15) is 35.6 Å². The highest BCUT2D eigenvalue weighted by Crippen LogP contribution is 2.28. The molecule has 1 aliphatic rings. The Morgan fingerprint density at radius 3 is 2.80 bits per heavy atom. The normalized spacial score (nSPS) is 18.1. The van der Waals surface area contributed by atoms with E-state index in [2.05, 4.69) is 39.7 Å². The van der Waals surface area contributed by atoms with Crippen LogP contribution in [-0.2, 0) is 16.4 Å². The zero-order chi connectivity index (χ0) is 17.9. The van der Waals surface area contributed by atoms with Crippen molar-refractivity contribution in [3.63, 3.8) is 0 Å². The number of hydrogen-bond acceptors (Lipinski definition) is 6. The average molecular weight is 360 g/mol. The monoisotopic (exact) mass is 360 g/mol. The van der Waals surface area contributed by atoms with Gasteiger partial charge in [-0.3, -0.25) is 0 Å². The number of hydrogen-bond donors (Lipinski definition) is 2. The fraction of sp³-hybridized carbons (Fsp3) is 0.444. The molecule has 1 aromatic heterocycles. The number of nitrogens with zero attached hydrogens (tertiary/aromatic N) is 2. The summed E-state index contributed by atoms with van der Waals surface area (Å²) in [6.07, 6.45) is 4.60. The van der Waals surface area contributed by atoms with Crippen molar-refractivity contribution in [2.24, 2.45) is 0 Å². The van der Waals surface area contributed by atoms with Gasteiger partial charge in [0, 0.05) is 25.3 Å². The van der Waals surface area contributed by atoms with Crippen LogP contribution in [0.5, 0.6) is 0 Å². The van der Waals surface area contributed by atoms with Crippen molar-refractivity contribution in [2.45, 2.75) is 37.1 Å². The van der Waals surface area contributed by atoms with Gasteiger partial charge in [0.15, 0.2) is 9.84 Å². The van der Waals surface area contributed by atoms with Crippen LogP contribution in [0.25, 0.3) is 0 Å². The number of nitrogens with one attached hydrogen (secondary N) is 2. The van der Waals surface area contributed by atoms with Crippen LogP contribution in [0.2, 0.25) is 0 Å². The minimum absolute atomic E-state index is 0.0977. The van der Waals surface area contributed by atoms with Crippen LogP contribution in [0, 0.1) is 6.92 Å². The SMILES string of the molecule is Cc1ccccc1CNc1ncc(S(C)(=O)=O)c([C@H]2CCCNC2)n1. The van der Waals surface area contributed by atoms with Crippen molar-refractivity contribution >= 4 is 15.8 Å². The molecule has 0 spiro atoms. The first-order chi connectivity index (χ1) is 11.9. The van der Waals surface area contributed by atoms with E-state index in [1.807, 2.05) is 12.1 Å². The molecule has 3 rings (SSSR count). The summed E-state index contributed by atoms with van der Waals surface area (Å²) in [6, 6.07) is 8.12. The van der Waals surface area contributed by atoms with Gasteiger partial charge >= 0.3 is 0 Å². The van der Waals surface area contributed by atoms with E-state index >= 15 is 0 Å². The molecule has 0 amide bonds. The molecule has 0 unspecified atom stereocenters. The molecule has 7 heteroatoms. The molecule has 1 atom stereocenters. The second-order valence-corrected chi connectivity index (χ2v) is 8.52. The van der Waals surface area contributed by atoms with Crippen LogP contribution >= 0.6 is 0 Å². The van der Waals surface area contributed by atoms with Gasteiger partial charge in [-0.1, -0.05) is 24.3 Å². The fourth-order valence-electron chi connectivity index (χ4n) is 3.12. The minimum atomic E-state index is -3.35. The Balaban J connectivity index is 1.87. The van der Waals surface area contributed by atoms with Gasteiger partial charge in [-0.05, 0) is 37.4 Å². The topological polar surface area (TPSA) is 84.0 Å². The number of rotatable bonds is 5. The zero-order valence-electron chi connectivity index (χ0n) is 14.6. The van der Waals surface area contributed by atoms with Gasteiger partial charge in [0.25, 0.3) is 0 Å². The lowest BCUT2D eigenvalue weighted by Crippen LogP contribution is -2.30. The standard InChI is InChI=1S/C18H24N4O2S/c1-13-6-3-4-7-14(13)11-20-18-21-12-16(25(2,23)24)17(22-18)15-8-5-9-19-10-15/h3-4,6-7,12,15,19H,5,8-11H2,1-2H3,(H,20,21,22)/t15-/m0/s1. The van der Waals surface area contributed by atoms with Crippen LogP contribution in [0.15, 0.2) is 35.4 Å². The molecule has 2 heterocycles. The summed E-state index contributed by atoms with van der Waals surface area (Å²) in [7, 11) is -3.35. The summed E-state index contributed by atoms with van der Waals surface area (Å²) in [5.41, 5.74) is 2.98. The van der Waals surface area contributed by atoms with Crippen molar-refractivity contribution < 1.29 is 8.42 Å². The van der Waals surface area contributed by atoms with Crippen LogP contribution in [0.3, 0.4) is 0 Å². The van der Waals surface area contributed by atoms with Gasteiger partial charge in [0.1, 0.15) is 4.90 Å². The molecule has 1 aromatic carbocycles. The van der Waals surface area contributed by atoms with E-state index < -0.39 is 9.84 Å². The van der Waals surface area contributed by atoms with Crippen molar-refractivity contribution in [2.75, 3.05) is 24.7 Å². The Hall–Kier alpha value is -1.99. The Kier molecular flexibility index (Phi) is 5.34. The molecule has 0 saturated carbocycles. The van der Waals surface area contributed by atoms with Crippen LogP contribution < -0.4 is 10.6 Å². The number of aryl methyl sites for hydroxylation is 1. The molecule has 25 heavy (non-hydrogen) atoms.